The van der Waals surface area contributed by atoms with Gasteiger partial charge in [-0.1, -0.05) is 39.8 Å². The molecule has 1 N–H and O–H groups in total. The van der Waals surface area contributed by atoms with Gasteiger partial charge in [-0.2, -0.15) is 0 Å². The molecular formula is C23H40N2O2. The number of allylic oxidation sites excluding steroid dienone is 2. The number of rotatable bonds is 9. The second kappa shape index (κ2) is 8.79. The second-order valence-electron chi connectivity index (χ2n) is 9.15. The van der Waals surface area contributed by atoms with Crippen LogP contribution in [0, 0.1) is 40.9 Å². The molecule has 4 nitrogen and oxygen atoms in total. The molecule has 2 rings (SSSR count). The predicted molar refractivity (Wildman–Crippen MR) is 111 cm³/mol. The van der Waals surface area contributed by atoms with Crippen molar-refractivity contribution in [2.45, 2.75) is 61.3 Å². The zero-order valence-electron chi connectivity index (χ0n) is 18.4. The summed E-state index contributed by atoms with van der Waals surface area (Å²) in [6.07, 6.45) is 6.00. The van der Waals surface area contributed by atoms with Crippen LogP contribution in [0.4, 0.5) is 0 Å². The fourth-order valence-corrected chi connectivity index (χ4v) is 6.15. The molecule has 0 spiro atoms. The van der Waals surface area contributed by atoms with Gasteiger partial charge in [-0.05, 0) is 56.8 Å². The number of carbonyl (C=O) groups is 2. The molecular weight excluding hydrogens is 336 g/mol. The van der Waals surface area contributed by atoms with E-state index in [1.54, 1.807) is 0 Å². The highest BCUT2D eigenvalue weighted by Gasteiger charge is 2.61. The van der Waals surface area contributed by atoms with Gasteiger partial charge in [0.1, 0.15) is 0 Å². The van der Waals surface area contributed by atoms with Crippen molar-refractivity contribution in [3.05, 3.63) is 12.2 Å². The van der Waals surface area contributed by atoms with E-state index < -0.39 is 0 Å². The van der Waals surface area contributed by atoms with Crippen LogP contribution in [0.5, 0.6) is 0 Å². The largest absolute Gasteiger partial charge is 0.356 e. The lowest BCUT2D eigenvalue weighted by Crippen LogP contribution is -2.48. The summed E-state index contributed by atoms with van der Waals surface area (Å²) in [6, 6.07) is 0. The quantitative estimate of drug-likeness (QED) is 0.616. The topological polar surface area (TPSA) is 49.4 Å². The molecule has 1 fully saturated rings. The van der Waals surface area contributed by atoms with E-state index in [1.165, 1.54) is 0 Å². The van der Waals surface area contributed by atoms with Gasteiger partial charge in [0.25, 0.3) is 0 Å². The molecule has 0 aromatic rings. The minimum atomic E-state index is -0.275. The molecule has 2 aliphatic rings. The van der Waals surface area contributed by atoms with Crippen molar-refractivity contribution in [1.82, 2.24) is 10.2 Å². The first-order chi connectivity index (χ1) is 12.7. The standard InChI is InChI=1S/C23H40N2O2/c1-8-24-22(27)18(13-19(26)25(9-2)10-3)23-12-11-17(14-23)20(15(4)5)21(23)16(6)7/h11-12,15-18,20-21H,8-10,13-14H2,1-7H3,(H,24,27). The molecule has 27 heavy (non-hydrogen) atoms. The van der Waals surface area contributed by atoms with Crippen molar-refractivity contribution in [1.29, 1.82) is 0 Å². The second-order valence-corrected chi connectivity index (χ2v) is 9.15. The van der Waals surface area contributed by atoms with Crippen LogP contribution in [-0.2, 0) is 9.59 Å². The summed E-state index contributed by atoms with van der Waals surface area (Å²) in [4.78, 5) is 28.0. The Labute approximate surface area is 166 Å². The SMILES string of the molecule is CCNC(=O)C(CC(=O)N(CC)CC)C12C=CC(C1)C(C(C)C)C2C(C)C. The lowest BCUT2D eigenvalue weighted by molar-refractivity contribution is -0.140. The Balaban J connectivity index is 2.43. The van der Waals surface area contributed by atoms with Crippen LogP contribution < -0.4 is 5.32 Å². The van der Waals surface area contributed by atoms with Gasteiger partial charge in [0, 0.05) is 31.5 Å². The summed E-state index contributed by atoms with van der Waals surface area (Å²) in [5.74, 6) is 2.55. The number of hydrogen-bond donors (Lipinski definition) is 1. The van der Waals surface area contributed by atoms with E-state index in [1.807, 2.05) is 25.7 Å². The normalized spacial score (nSPS) is 30.2. The summed E-state index contributed by atoms with van der Waals surface area (Å²) < 4.78 is 0. The molecule has 154 valence electrons. The van der Waals surface area contributed by atoms with Gasteiger partial charge in [-0.3, -0.25) is 9.59 Å². The third-order valence-corrected chi connectivity index (χ3v) is 7.07. The molecule has 0 aliphatic heterocycles. The van der Waals surface area contributed by atoms with E-state index in [0.717, 1.165) is 6.42 Å². The molecule has 0 aromatic carbocycles. The monoisotopic (exact) mass is 376 g/mol. The molecule has 0 radical (unpaired) electrons. The van der Waals surface area contributed by atoms with Crippen molar-refractivity contribution < 1.29 is 9.59 Å². The van der Waals surface area contributed by atoms with Crippen LogP contribution in [0.3, 0.4) is 0 Å². The average molecular weight is 377 g/mol. The zero-order valence-corrected chi connectivity index (χ0v) is 18.4. The Morgan fingerprint density at radius 2 is 1.74 bits per heavy atom. The molecule has 5 unspecified atom stereocenters. The number of fused-ring (bicyclic) bond motifs is 2. The van der Waals surface area contributed by atoms with E-state index in [2.05, 4.69) is 45.2 Å². The number of nitrogens with zero attached hydrogens (tertiary/aromatic N) is 1. The molecule has 0 aromatic heterocycles. The van der Waals surface area contributed by atoms with Gasteiger partial charge in [0.15, 0.2) is 0 Å². The maximum atomic E-state index is 13.2. The summed E-state index contributed by atoms with van der Waals surface area (Å²) in [6.45, 7) is 17.2. The van der Waals surface area contributed by atoms with Gasteiger partial charge in [0.2, 0.25) is 11.8 Å². The first-order valence-electron chi connectivity index (χ1n) is 11.0. The Morgan fingerprint density at radius 3 is 2.22 bits per heavy atom. The molecule has 4 heteroatoms. The zero-order chi connectivity index (χ0) is 20.4. The first-order valence-corrected chi connectivity index (χ1v) is 11.0. The fourth-order valence-electron chi connectivity index (χ4n) is 6.15. The van der Waals surface area contributed by atoms with Crippen molar-refractivity contribution >= 4 is 11.8 Å². The van der Waals surface area contributed by atoms with E-state index in [4.69, 9.17) is 0 Å². The van der Waals surface area contributed by atoms with E-state index in [0.29, 0.717) is 55.6 Å². The van der Waals surface area contributed by atoms with Crippen LogP contribution in [0.25, 0.3) is 0 Å². The predicted octanol–water partition coefficient (Wildman–Crippen LogP) is 4.12. The van der Waals surface area contributed by atoms with Crippen molar-refractivity contribution in [3.8, 4) is 0 Å². The summed E-state index contributed by atoms with van der Waals surface area (Å²) in [5, 5.41) is 3.04. The third kappa shape index (κ3) is 3.95. The minimum Gasteiger partial charge on any atom is -0.356 e. The summed E-state index contributed by atoms with van der Waals surface area (Å²) >= 11 is 0. The first kappa shape index (κ1) is 22.0. The minimum absolute atomic E-state index is 0.0540. The van der Waals surface area contributed by atoms with Crippen molar-refractivity contribution in [2.75, 3.05) is 19.6 Å². The molecule has 2 aliphatic carbocycles. The van der Waals surface area contributed by atoms with Crippen molar-refractivity contribution in [2.24, 2.45) is 40.9 Å². The molecule has 2 amide bonds. The van der Waals surface area contributed by atoms with Gasteiger partial charge >= 0.3 is 0 Å². The fraction of sp³-hybridized carbons (Fsp3) is 0.826. The molecule has 0 saturated heterocycles. The Bertz CT molecular complexity index is 565. The Kier molecular flexibility index (Phi) is 7.15. The van der Waals surface area contributed by atoms with Gasteiger partial charge < -0.3 is 10.2 Å². The van der Waals surface area contributed by atoms with E-state index in [-0.39, 0.29) is 23.1 Å². The van der Waals surface area contributed by atoms with Crippen LogP contribution in [-0.4, -0.2) is 36.3 Å². The van der Waals surface area contributed by atoms with Crippen LogP contribution in [0.1, 0.15) is 61.3 Å². The highest BCUT2D eigenvalue weighted by molar-refractivity contribution is 5.87. The molecule has 5 atom stereocenters. The van der Waals surface area contributed by atoms with Gasteiger partial charge in [-0.15, -0.1) is 0 Å². The maximum absolute atomic E-state index is 13.2. The van der Waals surface area contributed by atoms with Crippen LogP contribution in [0.15, 0.2) is 12.2 Å². The lowest BCUT2D eigenvalue weighted by Gasteiger charge is -2.45. The molecule has 0 heterocycles. The molecule has 2 bridgehead atoms. The average Bonchev–Trinajstić information content (AvgIpc) is 3.17. The van der Waals surface area contributed by atoms with Crippen LogP contribution >= 0.6 is 0 Å². The highest BCUT2D eigenvalue weighted by atomic mass is 16.2. The smallest absolute Gasteiger partial charge is 0.224 e. The van der Waals surface area contributed by atoms with Gasteiger partial charge in [-0.25, -0.2) is 0 Å². The summed E-state index contributed by atoms with van der Waals surface area (Å²) in [7, 11) is 0. The van der Waals surface area contributed by atoms with Gasteiger partial charge in [0.05, 0.1) is 5.92 Å². The Hall–Kier alpha value is -1.32. The number of hydrogen-bond acceptors (Lipinski definition) is 2. The third-order valence-electron chi connectivity index (χ3n) is 7.07. The van der Waals surface area contributed by atoms with Crippen LogP contribution in [0.2, 0.25) is 0 Å². The highest BCUT2D eigenvalue weighted by Crippen LogP contribution is 2.64. The number of amides is 2. The Morgan fingerprint density at radius 1 is 1.11 bits per heavy atom. The molecule has 1 saturated carbocycles. The van der Waals surface area contributed by atoms with Crippen molar-refractivity contribution in [3.63, 3.8) is 0 Å². The lowest BCUT2D eigenvalue weighted by atomic mass is 9.59. The van der Waals surface area contributed by atoms with E-state index >= 15 is 0 Å². The maximum Gasteiger partial charge on any atom is 0.224 e. The van der Waals surface area contributed by atoms with E-state index in [9.17, 15) is 9.59 Å². The summed E-state index contributed by atoms with van der Waals surface area (Å²) in [5.41, 5.74) is -0.185. The number of carbonyl (C=O) groups excluding carboxylic acids is 2. The number of nitrogens with one attached hydrogen (secondary N) is 1.